The molecular formula is C19H21FN2O4S. The zero-order valence-corrected chi connectivity index (χ0v) is 16.1. The summed E-state index contributed by atoms with van der Waals surface area (Å²) in [5.74, 6) is -0.594. The van der Waals surface area contributed by atoms with Crippen molar-refractivity contribution in [2.24, 2.45) is 0 Å². The van der Waals surface area contributed by atoms with Gasteiger partial charge in [-0.1, -0.05) is 12.1 Å². The van der Waals surface area contributed by atoms with E-state index in [9.17, 15) is 17.6 Å². The third-order valence-electron chi connectivity index (χ3n) is 3.57. The molecule has 0 heterocycles. The van der Waals surface area contributed by atoms with Crippen LogP contribution < -0.4 is 10.1 Å². The molecule has 0 aliphatic carbocycles. The minimum atomic E-state index is -3.74. The van der Waals surface area contributed by atoms with Gasteiger partial charge in [-0.15, -0.1) is 0 Å². The molecule has 0 radical (unpaired) electrons. The number of rotatable bonds is 7. The number of hydrogen-bond acceptors (Lipinski definition) is 4. The molecule has 1 amide bonds. The molecule has 1 N–H and O–H groups in total. The molecule has 0 atom stereocenters. The van der Waals surface area contributed by atoms with E-state index in [0.29, 0.717) is 17.9 Å². The van der Waals surface area contributed by atoms with Crippen LogP contribution in [0.25, 0.3) is 6.08 Å². The third kappa shape index (κ3) is 5.38. The quantitative estimate of drug-likeness (QED) is 0.735. The van der Waals surface area contributed by atoms with Crippen molar-refractivity contribution in [1.82, 2.24) is 4.31 Å². The molecule has 6 nitrogen and oxygen atoms in total. The Balaban J connectivity index is 2.23. The van der Waals surface area contributed by atoms with Crippen LogP contribution in [0.1, 0.15) is 12.5 Å². The molecule has 0 bridgehead atoms. The van der Waals surface area contributed by atoms with Gasteiger partial charge in [0.2, 0.25) is 15.9 Å². The zero-order valence-electron chi connectivity index (χ0n) is 15.3. The van der Waals surface area contributed by atoms with Gasteiger partial charge in [0.05, 0.1) is 6.61 Å². The Labute approximate surface area is 158 Å². The van der Waals surface area contributed by atoms with Crippen LogP contribution in [-0.4, -0.2) is 39.3 Å². The van der Waals surface area contributed by atoms with E-state index in [1.165, 1.54) is 62.6 Å². The Kier molecular flexibility index (Phi) is 6.70. The third-order valence-corrected chi connectivity index (χ3v) is 5.40. The summed E-state index contributed by atoms with van der Waals surface area (Å²) < 4.78 is 44.3. The first-order chi connectivity index (χ1) is 12.7. The summed E-state index contributed by atoms with van der Waals surface area (Å²) in [7, 11) is -0.907. The molecule has 0 aromatic heterocycles. The lowest BCUT2D eigenvalue weighted by molar-refractivity contribution is -0.111. The number of anilines is 1. The molecule has 0 spiro atoms. The van der Waals surface area contributed by atoms with Gasteiger partial charge in [-0.25, -0.2) is 17.1 Å². The number of carbonyl (C=O) groups is 1. The normalized spacial score (nSPS) is 11.7. The zero-order chi connectivity index (χ0) is 20.0. The maximum absolute atomic E-state index is 12.9. The highest BCUT2D eigenvalue weighted by Gasteiger charge is 2.23. The first kappa shape index (κ1) is 20.6. The monoisotopic (exact) mass is 392 g/mol. The Bertz CT molecular complexity index is 939. The van der Waals surface area contributed by atoms with Crippen molar-refractivity contribution in [2.75, 3.05) is 26.0 Å². The van der Waals surface area contributed by atoms with Gasteiger partial charge in [0.15, 0.2) is 0 Å². The van der Waals surface area contributed by atoms with Crippen LogP contribution >= 0.6 is 0 Å². The van der Waals surface area contributed by atoms with E-state index in [-0.39, 0.29) is 16.5 Å². The molecule has 0 saturated heterocycles. The second kappa shape index (κ2) is 8.79. The average Bonchev–Trinajstić information content (AvgIpc) is 2.62. The van der Waals surface area contributed by atoms with Crippen LogP contribution in [-0.2, 0) is 14.8 Å². The summed E-state index contributed by atoms with van der Waals surface area (Å²) in [4.78, 5) is 12.1. The number of carbonyl (C=O) groups excluding carboxylic acids is 1. The Morgan fingerprint density at radius 2 is 1.85 bits per heavy atom. The van der Waals surface area contributed by atoms with Gasteiger partial charge >= 0.3 is 0 Å². The van der Waals surface area contributed by atoms with Crippen molar-refractivity contribution >= 4 is 27.7 Å². The highest BCUT2D eigenvalue weighted by molar-refractivity contribution is 7.89. The Hall–Kier alpha value is -2.71. The van der Waals surface area contributed by atoms with Gasteiger partial charge in [-0.2, -0.15) is 0 Å². The average molecular weight is 392 g/mol. The standard InChI is InChI=1S/C19H21FN2O4S/c1-4-26-17-11-10-16(13-18(17)27(24,25)22(2)3)21-19(23)12-7-14-5-8-15(20)9-6-14/h5-13H,4H2,1-3H3,(H,21,23)/b12-7+. The maximum Gasteiger partial charge on any atom is 0.248 e. The number of nitrogens with zero attached hydrogens (tertiary/aromatic N) is 1. The summed E-state index contributed by atoms with van der Waals surface area (Å²) in [6.07, 6.45) is 2.81. The fourth-order valence-corrected chi connectivity index (χ4v) is 3.24. The smallest absolute Gasteiger partial charge is 0.248 e. The summed E-state index contributed by atoms with van der Waals surface area (Å²) in [5, 5.41) is 2.61. The maximum atomic E-state index is 12.9. The lowest BCUT2D eigenvalue weighted by Gasteiger charge is -2.16. The lowest BCUT2D eigenvalue weighted by atomic mass is 10.2. The fraction of sp³-hybridized carbons (Fsp3) is 0.211. The topological polar surface area (TPSA) is 75.7 Å². The molecule has 0 aliphatic heterocycles. The van der Waals surface area contributed by atoms with Crippen LogP contribution in [0.3, 0.4) is 0 Å². The minimum Gasteiger partial charge on any atom is -0.492 e. The molecule has 27 heavy (non-hydrogen) atoms. The van der Waals surface area contributed by atoms with E-state index in [1.54, 1.807) is 13.0 Å². The van der Waals surface area contributed by atoms with Gasteiger partial charge in [0.25, 0.3) is 0 Å². The lowest BCUT2D eigenvalue weighted by Crippen LogP contribution is -2.23. The van der Waals surface area contributed by atoms with E-state index in [2.05, 4.69) is 5.32 Å². The van der Waals surface area contributed by atoms with Crippen molar-refractivity contribution in [3.05, 3.63) is 59.9 Å². The minimum absolute atomic E-state index is 0.0327. The van der Waals surface area contributed by atoms with Crippen LogP contribution in [0.15, 0.2) is 53.4 Å². The number of amides is 1. The SMILES string of the molecule is CCOc1ccc(NC(=O)/C=C/c2ccc(F)cc2)cc1S(=O)(=O)N(C)C. The predicted molar refractivity (Wildman–Crippen MR) is 103 cm³/mol. The molecule has 0 fully saturated rings. The van der Waals surface area contributed by atoms with Crippen LogP contribution in [0, 0.1) is 5.82 Å². The number of sulfonamides is 1. The van der Waals surface area contributed by atoms with Crippen LogP contribution in [0.2, 0.25) is 0 Å². The number of ether oxygens (including phenoxy) is 1. The molecule has 0 saturated carbocycles. The first-order valence-corrected chi connectivity index (χ1v) is 9.62. The van der Waals surface area contributed by atoms with Crippen LogP contribution in [0.5, 0.6) is 5.75 Å². The highest BCUT2D eigenvalue weighted by Crippen LogP contribution is 2.29. The van der Waals surface area contributed by atoms with Gasteiger partial charge in [-0.3, -0.25) is 4.79 Å². The largest absolute Gasteiger partial charge is 0.492 e. The predicted octanol–water partition coefficient (Wildman–Crippen LogP) is 3.13. The Morgan fingerprint density at radius 1 is 1.19 bits per heavy atom. The van der Waals surface area contributed by atoms with Crippen molar-refractivity contribution < 1.29 is 22.3 Å². The van der Waals surface area contributed by atoms with Gasteiger partial charge in [0.1, 0.15) is 16.5 Å². The van der Waals surface area contributed by atoms with Crippen molar-refractivity contribution in [3.8, 4) is 5.75 Å². The van der Waals surface area contributed by atoms with E-state index in [1.807, 2.05) is 0 Å². The molecule has 144 valence electrons. The molecule has 2 aromatic rings. The number of benzene rings is 2. The molecule has 0 aliphatic rings. The summed E-state index contributed by atoms with van der Waals surface area (Å²) >= 11 is 0. The van der Waals surface area contributed by atoms with Gasteiger partial charge in [0, 0.05) is 25.9 Å². The van der Waals surface area contributed by atoms with Crippen molar-refractivity contribution in [1.29, 1.82) is 0 Å². The Morgan fingerprint density at radius 3 is 2.44 bits per heavy atom. The van der Waals surface area contributed by atoms with Crippen molar-refractivity contribution in [2.45, 2.75) is 11.8 Å². The van der Waals surface area contributed by atoms with E-state index in [4.69, 9.17) is 4.74 Å². The van der Waals surface area contributed by atoms with E-state index >= 15 is 0 Å². The van der Waals surface area contributed by atoms with E-state index in [0.717, 1.165) is 4.31 Å². The van der Waals surface area contributed by atoms with Gasteiger partial charge in [-0.05, 0) is 48.9 Å². The molecule has 2 aromatic carbocycles. The number of halogens is 1. The summed E-state index contributed by atoms with van der Waals surface area (Å²) in [6.45, 7) is 2.06. The molecule has 8 heteroatoms. The second-order valence-corrected chi connectivity index (χ2v) is 7.88. The second-order valence-electron chi connectivity index (χ2n) is 5.76. The fourth-order valence-electron chi connectivity index (χ4n) is 2.19. The highest BCUT2D eigenvalue weighted by atomic mass is 32.2. The van der Waals surface area contributed by atoms with Gasteiger partial charge < -0.3 is 10.1 Å². The molecular weight excluding hydrogens is 371 g/mol. The number of nitrogens with one attached hydrogen (secondary N) is 1. The molecule has 0 unspecified atom stereocenters. The van der Waals surface area contributed by atoms with Crippen molar-refractivity contribution in [3.63, 3.8) is 0 Å². The number of hydrogen-bond donors (Lipinski definition) is 1. The first-order valence-electron chi connectivity index (χ1n) is 8.18. The van der Waals surface area contributed by atoms with Crippen LogP contribution in [0.4, 0.5) is 10.1 Å². The summed E-state index contributed by atoms with van der Waals surface area (Å²) in [6, 6.07) is 10.1. The molecule has 2 rings (SSSR count). The van der Waals surface area contributed by atoms with E-state index < -0.39 is 15.9 Å². The summed E-state index contributed by atoms with van der Waals surface area (Å²) in [5.41, 5.74) is 0.974.